The second-order valence-corrected chi connectivity index (χ2v) is 6.04. The van der Waals surface area contributed by atoms with Gasteiger partial charge in [0, 0.05) is 58.4 Å². The molecule has 0 bridgehead atoms. The number of fused-ring (bicyclic) bond motifs is 1. The summed E-state index contributed by atoms with van der Waals surface area (Å²) in [5.41, 5.74) is 0.830. The molecule has 0 aliphatic heterocycles. The number of pyridine rings is 1. The van der Waals surface area contributed by atoms with Crippen molar-refractivity contribution in [1.29, 1.82) is 0 Å². The van der Waals surface area contributed by atoms with Crippen LogP contribution in [0.5, 0.6) is 0 Å². The summed E-state index contributed by atoms with van der Waals surface area (Å²) in [6.07, 6.45) is 3.09. The lowest BCUT2D eigenvalue weighted by atomic mass is 10.1. The van der Waals surface area contributed by atoms with Gasteiger partial charge in [0.25, 0.3) is 5.69 Å². The van der Waals surface area contributed by atoms with Crippen molar-refractivity contribution < 1.29 is 9.13 Å². The molecule has 6 nitrogen and oxygen atoms in total. The van der Waals surface area contributed by atoms with Crippen LogP contribution in [0.1, 0.15) is 6.92 Å². The lowest BCUT2D eigenvalue weighted by Gasteiger charge is -2.09. The van der Waals surface area contributed by atoms with E-state index in [0.717, 1.165) is 11.1 Å². The van der Waals surface area contributed by atoms with Crippen LogP contribution in [0.25, 0.3) is 10.8 Å². The molecule has 20 heavy (non-hydrogen) atoms. The van der Waals surface area contributed by atoms with Gasteiger partial charge in [-0.25, -0.2) is 0 Å². The average molecular weight is 293 g/mol. The minimum absolute atomic E-state index is 0.0378. The van der Waals surface area contributed by atoms with Gasteiger partial charge in [-0.05, 0) is 12.1 Å². The summed E-state index contributed by atoms with van der Waals surface area (Å²) in [5.74, 6) is 1.19. The Morgan fingerprint density at radius 1 is 1.35 bits per heavy atom. The molecule has 0 saturated carbocycles. The molecule has 1 atom stereocenters. The number of non-ortho nitro benzene ring substituents is 1. The van der Waals surface area contributed by atoms with Crippen LogP contribution in [0.4, 0.5) is 11.4 Å². The molecule has 0 saturated heterocycles. The maximum atomic E-state index is 11.4. The van der Waals surface area contributed by atoms with E-state index >= 15 is 0 Å². The third-order valence-electron chi connectivity index (χ3n) is 2.96. The smallest absolute Gasteiger partial charge is 0.278 e. The second kappa shape index (κ2) is 6.42. The first-order chi connectivity index (χ1) is 9.63. The third-order valence-corrected chi connectivity index (χ3v) is 4.26. The number of benzene rings is 1. The summed E-state index contributed by atoms with van der Waals surface area (Å²) < 4.78 is 11.4. The highest BCUT2D eigenvalue weighted by Gasteiger charge is 2.14. The summed E-state index contributed by atoms with van der Waals surface area (Å²) in [4.78, 5) is 14.5. The molecule has 1 unspecified atom stereocenters. The van der Waals surface area contributed by atoms with Gasteiger partial charge in [-0.3, -0.25) is 19.3 Å². The molecule has 2 aromatic rings. The first-order valence-electron chi connectivity index (χ1n) is 6.23. The van der Waals surface area contributed by atoms with Crippen LogP contribution < -0.4 is 5.32 Å². The Bertz CT molecular complexity index is 660. The second-order valence-electron chi connectivity index (χ2n) is 4.17. The van der Waals surface area contributed by atoms with Crippen LogP contribution in [0.3, 0.4) is 0 Å². The molecule has 106 valence electrons. The molecule has 1 aromatic carbocycles. The SMILES string of the molecule is CCS(=O)CCNc1ccc([N+](=O)[O-])c2cnccc12. The predicted octanol–water partition coefficient (Wildman–Crippen LogP) is 2.32. The summed E-state index contributed by atoms with van der Waals surface area (Å²) >= 11 is 0. The van der Waals surface area contributed by atoms with Gasteiger partial charge in [-0.1, -0.05) is 6.92 Å². The fraction of sp³-hybridized carbons (Fsp3) is 0.308. The number of nitrogens with one attached hydrogen (secondary N) is 1. The molecule has 0 fully saturated rings. The molecule has 2 rings (SSSR count). The van der Waals surface area contributed by atoms with Crippen molar-refractivity contribution in [2.45, 2.75) is 6.92 Å². The minimum atomic E-state index is -0.829. The largest absolute Gasteiger partial charge is 0.384 e. The highest BCUT2D eigenvalue weighted by Crippen LogP contribution is 2.30. The number of aromatic nitrogens is 1. The van der Waals surface area contributed by atoms with Crippen molar-refractivity contribution in [3.05, 3.63) is 40.7 Å². The van der Waals surface area contributed by atoms with Gasteiger partial charge in [0.15, 0.2) is 0 Å². The quantitative estimate of drug-likeness (QED) is 0.652. The van der Waals surface area contributed by atoms with Gasteiger partial charge in [0.2, 0.25) is 0 Å². The van der Waals surface area contributed by atoms with E-state index in [0.29, 0.717) is 23.4 Å². The van der Waals surface area contributed by atoms with E-state index in [1.165, 1.54) is 12.3 Å². The van der Waals surface area contributed by atoms with Crippen LogP contribution in [-0.4, -0.2) is 32.2 Å². The number of hydrogen-bond donors (Lipinski definition) is 1. The van der Waals surface area contributed by atoms with E-state index in [-0.39, 0.29) is 5.69 Å². The van der Waals surface area contributed by atoms with Crippen molar-refractivity contribution in [3.8, 4) is 0 Å². The van der Waals surface area contributed by atoms with Gasteiger partial charge in [-0.15, -0.1) is 0 Å². The lowest BCUT2D eigenvalue weighted by Crippen LogP contribution is -2.12. The molecule has 0 amide bonds. The van der Waals surface area contributed by atoms with Gasteiger partial charge in [-0.2, -0.15) is 0 Å². The monoisotopic (exact) mass is 293 g/mol. The topological polar surface area (TPSA) is 85.1 Å². The maximum Gasteiger partial charge on any atom is 0.278 e. The molecule has 1 heterocycles. The van der Waals surface area contributed by atoms with E-state index in [9.17, 15) is 14.3 Å². The minimum Gasteiger partial charge on any atom is -0.384 e. The van der Waals surface area contributed by atoms with E-state index in [1.807, 2.05) is 6.92 Å². The van der Waals surface area contributed by atoms with E-state index < -0.39 is 15.7 Å². The van der Waals surface area contributed by atoms with Crippen LogP contribution in [-0.2, 0) is 10.8 Å². The number of anilines is 1. The number of nitro benzene ring substituents is 1. The molecular weight excluding hydrogens is 278 g/mol. The normalized spacial score (nSPS) is 12.2. The highest BCUT2D eigenvalue weighted by molar-refractivity contribution is 7.84. The third kappa shape index (κ3) is 3.11. The van der Waals surface area contributed by atoms with Crippen molar-refractivity contribution in [2.75, 3.05) is 23.4 Å². The molecule has 0 aliphatic carbocycles. The van der Waals surface area contributed by atoms with E-state index in [2.05, 4.69) is 10.3 Å². The molecular formula is C13H15N3O3S. The number of nitro groups is 1. The number of rotatable bonds is 6. The molecule has 1 aromatic heterocycles. The fourth-order valence-electron chi connectivity index (χ4n) is 1.93. The van der Waals surface area contributed by atoms with Crippen molar-refractivity contribution in [1.82, 2.24) is 4.98 Å². The Kier molecular flexibility index (Phi) is 4.62. The summed E-state index contributed by atoms with van der Waals surface area (Å²) in [5, 5.41) is 15.4. The Hall–Kier alpha value is -2.02. The van der Waals surface area contributed by atoms with Crippen LogP contribution in [0.2, 0.25) is 0 Å². The van der Waals surface area contributed by atoms with Crippen LogP contribution in [0.15, 0.2) is 30.6 Å². The summed E-state index contributed by atoms with van der Waals surface area (Å²) in [6, 6.07) is 4.87. The first-order valence-corrected chi connectivity index (χ1v) is 7.72. The van der Waals surface area contributed by atoms with Gasteiger partial charge >= 0.3 is 0 Å². The Balaban J connectivity index is 2.29. The zero-order chi connectivity index (χ0) is 14.5. The van der Waals surface area contributed by atoms with E-state index in [4.69, 9.17) is 0 Å². The number of hydrogen-bond acceptors (Lipinski definition) is 5. The summed E-state index contributed by atoms with van der Waals surface area (Å²) in [7, 11) is -0.829. The lowest BCUT2D eigenvalue weighted by molar-refractivity contribution is -0.383. The molecule has 7 heteroatoms. The van der Waals surface area contributed by atoms with Crippen molar-refractivity contribution in [2.24, 2.45) is 0 Å². The zero-order valence-corrected chi connectivity index (χ0v) is 11.9. The van der Waals surface area contributed by atoms with Gasteiger partial charge in [0.1, 0.15) is 0 Å². The zero-order valence-electron chi connectivity index (χ0n) is 11.0. The molecule has 1 N–H and O–H groups in total. The maximum absolute atomic E-state index is 11.4. The fourth-order valence-corrected chi connectivity index (χ4v) is 2.55. The standard InChI is InChI=1S/C13H15N3O3S/c1-2-20(19)8-7-15-12-3-4-13(16(17)18)11-9-14-6-5-10(11)12/h3-6,9,15H,2,7-8H2,1H3. The van der Waals surface area contributed by atoms with Crippen molar-refractivity contribution in [3.63, 3.8) is 0 Å². The van der Waals surface area contributed by atoms with Gasteiger partial charge < -0.3 is 5.32 Å². The molecule has 0 radical (unpaired) electrons. The molecule has 0 spiro atoms. The summed E-state index contributed by atoms with van der Waals surface area (Å²) in [6.45, 7) is 2.44. The highest BCUT2D eigenvalue weighted by atomic mass is 32.2. The van der Waals surface area contributed by atoms with Crippen molar-refractivity contribution >= 4 is 32.9 Å². The Morgan fingerprint density at radius 2 is 2.15 bits per heavy atom. The Morgan fingerprint density at radius 3 is 2.85 bits per heavy atom. The van der Waals surface area contributed by atoms with E-state index in [1.54, 1.807) is 18.3 Å². The average Bonchev–Trinajstić information content (AvgIpc) is 2.46. The van der Waals surface area contributed by atoms with Gasteiger partial charge in [0.05, 0.1) is 10.3 Å². The van der Waals surface area contributed by atoms with Crippen LogP contribution >= 0.6 is 0 Å². The Labute approximate surface area is 118 Å². The molecule has 0 aliphatic rings. The first kappa shape index (κ1) is 14.4. The van der Waals surface area contributed by atoms with Crippen LogP contribution in [0, 0.1) is 10.1 Å². The number of nitrogens with zero attached hydrogens (tertiary/aromatic N) is 2. The predicted molar refractivity (Wildman–Crippen MR) is 80.4 cm³/mol.